The molecule has 2 rings (SSSR count). The van der Waals surface area contributed by atoms with Crippen LogP contribution in [0.25, 0.3) is 11.0 Å². The minimum Gasteiger partial charge on any atom is -0.494 e. The van der Waals surface area contributed by atoms with Crippen molar-refractivity contribution < 1.29 is 9.15 Å². The first-order chi connectivity index (χ1) is 8.85. The summed E-state index contributed by atoms with van der Waals surface area (Å²) in [5, 5.41) is 4.50. The van der Waals surface area contributed by atoms with Gasteiger partial charge in [0, 0.05) is 5.39 Å². The third-order valence-electron chi connectivity index (χ3n) is 2.92. The second kappa shape index (κ2) is 6.45. The van der Waals surface area contributed by atoms with Gasteiger partial charge in [-0.2, -0.15) is 0 Å². The van der Waals surface area contributed by atoms with Gasteiger partial charge in [0.25, 0.3) is 0 Å². The lowest BCUT2D eigenvalue weighted by Crippen LogP contribution is -2.15. The van der Waals surface area contributed by atoms with Crippen LogP contribution >= 0.6 is 0 Å². The molecule has 3 heteroatoms. The Morgan fingerprint density at radius 3 is 2.94 bits per heavy atom. The number of benzene rings is 1. The summed E-state index contributed by atoms with van der Waals surface area (Å²) in [4.78, 5) is 0. The monoisotopic (exact) mass is 247 g/mol. The van der Waals surface area contributed by atoms with Crippen molar-refractivity contribution in [3.8, 4) is 5.75 Å². The van der Waals surface area contributed by atoms with E-state index in [9.17, 15) is 0 Å². The van der Waals surface area contributed by atoms with Crippen LogP contribution in [0.2, 0.25) is 0 Å². The van der Waals surface area contributed by atoms with Gasteiger partial charge in [0.1, 0.15) is 11.3 Å². The first-order valence-electron chi connectivity index (χ1n) is 6.68. The van der Waals surface area contributed by atoms with Crippen molar-refractivity contribution in [1.82, 2.24) is 5.32 Å². The highest BCUT2D eigenvalue weighted by Gasteiger charge is 2.07. The van der Waals surface area contributed by atoms with Gasteiger partial charge in [-0.3, -0.25) is 0 Å². The van der Waals surface area contributed by atoms with Gasteiger partial charge in [-0.15, -0.1) is 0 Å². The van der Waals surface area contributed by atoms with Crippen LogP contribution in [0.1, 0.15) is 25.8 Å². The molecule has 1 aromatic carbocycles. The van der Waals surface area contributed by atoms with Gasteiger partial charge in [0.05, 0.1) is 12.9 Å². The molecule has 0 fully saturated rings. The van der Waals surface area contributed by atoms with Crippen molar-refractivity contribution in [2.75, 3.05) is 19.7 Å². The molecular weight excluding hydrogens is 226 g/mol. The Bertz CT molecular complexity index is 490. The van der Waals surface area contributed by atoms with E-state index in [0.29, 0.717) is 0 Å². The second-order valence-corrected chi connectivity index (χ2v) is 4.37. The van der Waals surface area contributed by atoms with Crippen molar-refractivity contribution in [3.05, 3.63) is 30.0 Å². The van der Waals surface area contributed by atoms with E-state index in [1.807, 2.05) is 18.4 Å². The Hall–Kier alpha value is -1.48. The van der Waals surface area contributed by atoms with E-state index < -0.39 is 0 Å². The standard InChI is InChI=1S/C15H21NO2/c1-3-9-17-13-5-6-15-14(10-13)12(11-18-15)7-8-16-4-2/h5-6,10-11,16H,3-4,7-9H2,1-2H3. The summed E-state index contributed by atoms with van der Waals surface area (Å²) >= 11 is 0. The average Bonchev–Trinajstić information content (AvgIpc) is 2.79. The Balaban J connectivity index is 2.14. The third-order valence-corrected chi connectivity index (χ3v) is 2.92. The van der Waals surface area contributed by atoms with Crippen LogP contribution in [-0.2, 0) is 6.42 Å². The van der Waals surface area contributed by atoms with Crippen LogP contribution in [0.3, 0.4) is 0 Å². The normalized spacial score (nSPS) is 11.0. The maximum Gasteiger partial charge on any atom is 0.134 e. The molecule has 0 aliphatic rings. The molecule has 1 heterocycles. The Morgan fingerprint density at radius 2 is 2.17 bits per heavy atom. The van der Waals surface area contributed by atoms with E-state index >= 15 is 0 Å². The number of furan rings is 1. The summed E-state index contributed by atoms with van der Waals surface area (Å²) in [5.74, 6) is 0.926. The molecule has 0 spiro atoms. The topological polar surface area (TPSA) is 34.4 Å². The van der Waals surface area contributed by atoms with Gasteiger partial charge in [0.2, 0.25) is 0 Å². The first-order valence-corrected chi connectivity index (χ1v) is 6.68. The van der Waals surface area contributed by atoms with Crippen LogP contribution in [-0.4, -0.2) is 19.7 Å². The predicted molar refractivity (Wildman–Crippen MR) is 74.2 cm³/mol. The molecular formula is C15H21NO2. The van der Waals surface area contributed by atoms with Gasteiger partial charge in [-0.1, -0.05) is 13.8 Å². The van der Waals surface area contributed by atoms with Crippen LogP contribution in [0.5, 0.6) is 5.75 Å². The summed E-state index contributed by atoms with van der Waals surface area (Å²) in [6, 6.07) is 6.03. The smallest absolute Gasteiger partial charge is 0.134 e. The molecule has 0 saturated heterocycles. The van der Waals surface area contributed by atoms with Crippen molar-refractivity contribution >= 4 is 11.0 Å². The zero-order valence-electron chi connectivity index (χ0n) is 11.2. The summed E-state index contributed by atoms with van der Waals surface area (Å²) in [6.45, 7) is 6.96. The SMILES string of the molecule is CCCOc1ccc2occ(CCNCC)c2c1. The number of hydrogen-bond donors (Lipinski definition) is 1. The quantitative estimate of drug-likeness (QED) is 0.762. The fraction of sp³-hybridized carbons (Fsp3) is 0.467. The van der Waals surface area contributed by atoms with E-state index in [1.165, 1.54) is 10.9 Å². The maximum atomic E-state index is 5.66. The molecule has 0 unspecified atom stereocenters. The van der Waals surface area contributed by atoms with Gasteiger partial charge in [-0.05, 0) is 49.7 Å². The van der Waals surface area contributed by atoms with Crippen molar-refractivity contribution in [2.24, 2.45) is 0 Å². The summed E-state index contributed by atoms with van der Waals surface area (Å²) < 4.78 is 11.2. The lowest BCUT2D eigenvalue weighted by Gasteiger charge is -2.04. The average molecular weight is 247 g/mol. The summed E-state index contributed by atoms with van der Waals surface area (Å²) in [6.07, 6.45) is 3.86. The zero-order valence-corrected chi connectivity index (χ0v) is 11.2. The molecule has 18 heavy (non-hydrogen) atoms. The lowest BCUT2D eigenvalue weighted by molar-refractivity contribution is 0.318. The largest absolute Gasteiger partial charge is 0.494 e. The van der Waals surface area contributed by atoms with Gasteiger partial charge < -0.3 is 14.5 Å². The predicted octanol–water partition coefficient (Wildman–Crippen LogP) is 3.37. The van der Waals surface area contributed by atoms with Gasteiger partial charge in [0.15, 0.2) is 0 Å². The second-order valence-electron chi connectivity index (χ2n) is 4.37. The minimum absolute atomic E-state index is 0.760. The van der Waals surface area contributed by atoms with Crippen LogP contribution in [0.4, 0.5) is 0 Å². The Labute approximate surface area is 108 Å². The van der Waals surface area contributed by atoms with E-state index in [4.69, 9.17) is 9.15 Å². The number of nitrogens with one attached hydrogen (secondary N) is 1. The number of rotatable bonds is 7. The third kappa shape index (κ3) is 3.05. The number of fused-ring (bicyclic) bond motifs is 1. The molecule has 2 aromatic rings. The van der Waals surface area contributed by atoms with Crippen molar-refractivity contribution in [2.45, 2.75) is 26.7 Å². The molecule has 0 bridgehead atoms. The maximum absolute atomic E-state index is 5.66. The number of likely N-dealkylation sites (N-methyl/N-ethyl adjacent to an activating group) is 1. The zero-order chi connectivity index (χ0) is 12.8. The van der Waals surface area contributed by atoms with Crippen LogP contribution < -0.4 is 10.1 Å². The fourth-order valence-electron chi connectivity index (χ4n) is 1.96. The molecule has 0 aliphatic carbocycles. The number of ether oxygens (including phenoxy) is 1. The van der Waals surface area contributed by atoms with Crippen LogP contribution in [0, 0.1) is 0 Å². The van der Waals surface area contributed by atoms with Gasteiger partial charge >= 0.3 is 0 Å². The molecule has 0 atom stereocenters. The molecule has 0 aliphatic heterocycles. The highest BCUT2D eigenvalue weighted by Crippen LogP contribution is 2.26. The van der Waals surface area contributed by atoms with Crippen molar-refractivity contribution in [1.29, 1.82) is 0 Å². The molecule has 1 N–H and O–H groups in total. The van der Waals surface area contributed by atoms with Crippen LogP contribution in [0.15, 0.2) is 28.9 Å². The van der Waals surface area contributed by atoms with E-state index in [-0.39, 0.29) is 0 Å². The summed E-state index contributed by atoms with van der Waals surface area (Å²) in [7, 11) is 0. The first kappa shape index (κ1) is 13.0. The van der Waals surface area contributed by atoms with E-state index in [0.717, 1.165) is 43.9 Å². The molecule has 0 radical (unpaired) electrons. The van der Waals surface area contributed by atoms with E-state index in [2.05, 4.69) is 25.2 Å². The molecule has 3 nitrogen and oxygen atoms in total. The van der Waals surface area contributed by atoms with Gasteiger partial charge in [-0.25, -0.2) is 0 Å². The molecule has 0 saturated carbocycles. The molecule has 98 valence electrons. The summed E-state index contributed by atoms with van der Waals surface area (Å²) in [5.41, 5.74) is 2.18. The molecule has 1 aromatic heterocycles. The van der Waals surface area contributed by atoms with E-state index in [1.54, 1.807) is 0 Å². The molecule has 0 amide bonds. The number of hydrogen-bond acceptors (Lipinski definition) is 3. The fourth-order valence-corrected chi connectivity index (χ4v) is 1.96. The highest BCUT2D eigenvalue weighted by atomic mass is 16.5. The minimum atomic E-state index is 0.760. The Kier molecular flexibility index (Phi) is 4.65. The van der Waals surface area contributed by atoms with Crippen molar-refractivity contribution in [3.63, 3.8) is 0 Å². The Morgan fingerprint density at radius 1 is 1.28 bits per heavy atom. The highest BCUT2D eigenvalue weighted by molar-refractivity contribution is 5.82. The lowest BCUT2D eigenvalue weighted by atomic mass is 10.1.